The fourth-order valence-electron chi connectivity index (χ4n) is 3.79. The summed E-state index contributed by atoms with van der Waals surface area (Å²) in [5, 5.41) is 1.03. The molecule has 7 nitrogen and oxygen atoms in total. The van der Waals surface area contributed by atoms with Crippen molar-refractivity contribution in [3.8, 4) is 0 Å². The molecular weight excluding hydrogens is 484 g/mol. The summed E-state index contributed by atoms with van der Waals surface area (Å²) in [4.78, 5) is 0.137. The lowest BCUT2D eigenvalue weighted by atomic mass is 10.1. The molecule has 0 amide bonds. The highest BCUT2D eigenvalue weighted by Crippen LogP contribution is 2.32. The molecular formula is C26H22N2O5S2. The van der Waals surface area contributed by atoms with Crippen LogP contribution in [-0.2, 0) is 33.1 Å². The van der Waals surface area contributed by atoms with E-state index < -0.39 is 20.0 Å². The summed E-state index contributed by atoms with van der Waals surface area (Å²) in [6, 6.07) is 27.5. The highest BCUT2D eigenvalue weighted by Gasteiger charge is 2.19. The zero-order chi connectivity index (χ0) is 24.5. The van der Waals surface area contributed by atoms with Gasteiger partial charge in [0.25, 0.3) is 0 Å². The van der Waals surface area contributed by atoms with E-state index in [0.29, 0.717) is 21.9 Å². The smallest absolute Gasteiger partial charge is 0.240 e. The molecule has 178 valence electrons. The lowest BCUT2D eigenvalue weighted by Crippen LogP contribution is -2.23. The van der Waals surface area contributed by atoms with Gasteiger partial charge in [0.1, 0.15) is 11.2 Å². The number of furan rings is 1. The Labute approximate surface area is 203 Å². The Balaban J connectivity index is 1.46. The van der Waals surface area contributed by atoms with Gasteiger partial charge < -0.3 is 4.42 Å². The predicted molar refractivity (Wildman–Crippen MR) is 135 cm³/mol. The Kier molecular flexibility index (Phi) is 6.16. The van der Waals surface area contributed by atoms with Crippen molar-refractivity contribution in [3.63, 3.8) is 0 Å². The molecule has 2 N–H and O–H groups in total. The minimum atomic E-state index is -3.80. The van der Waals surface area contributed by atoms with E-state index in [1.807, 2.05) is 60.7 Å². The van der Waals surface area contributed by atoms with E-state index in [4.69, 9.17) is 4.42 Å². The van der Waals surface area contributed by atoms with Crippen molar-refractivity contribution in [2.24, 2.45) is 0 Å². The fraction of sp³-hybridized carbons (Fsp3) is 0.0769. The molecule has 0 saturated carbocycles. The molecule has 0 unspecified atom stereocenters. The number of benzene rings is 4. The molecule has 1 aromatic heterocycles. The van der Waals surface area contributed by atoms with E-state index in [2.05, 4.69) is 9.44 Å². The molecule has 0 bridgehead atoms. The van der Waals surface area contributed by atoms with E-state index in [9.17, 15) is 16.8 Å². The zero-order valence-electron chi connectivity index (χ0n) is 18.5. The molecule has 0 fully saturated rings. The molecule has 0 radical (unpaired) electrons. The van der Waals surface area contributed by atoms with Crippen LogP contribution in [0.4, 0.5) is 0 Å². The first-order valence-electron chi connectivity index (χ1n) is 10.9. The van der Waals surface area contributed by atoms with Gasteiger partial charge in [0.05, 0.1) is 9.79 Å². The molecule has 0 saturated heterocycles. The average molecular weight is 507 g/mol. The molecule has 0 spiro atoms. The standard InChI is InChI=1S/C26H22N2O5S2/c29-34(30,27-17-19-7-3-1-4-8-19)21-11-13-25-23(15-21)24-16-22(12-14-26(24)33-25)35(31,32)28-18-20-9-5-2-6-10-20/h1-16,27-28H,17-18H2. The molecule has 5 aromatic rings. The highest BCUT2D eigenvalue weighted by atomic mass is 32.2. The maximum absolute atomic E-state index is 12.9. The van der Waals surface area contributed by atoms with Gasteiger partial charge in [-0.25, -0.2) is 26.3 Å². The van der Waals surface area contributed by atoms with E-state index >= 15 is 0 Å². The van der Waals surface area contributed by atoms with Crippen LogP contribution in [0.3, 0.4) is 0 Å². The SMILES string of the molecule is O=S(=O)(NCc1ccccc1)c1ccc2oc3ccc(S(=O)(=O)NCc4ccccc4)cc3c2c1. The molecule has 0 aliphatic rings. The molecule has 0 atom stereocenters. The first kappa shape index (κ1) is 23.3. The Hall–Kier alpha value is -3.50. The lowest BCUT2D eigenvalue weighted by molar-refractivity contribution is 0.579. The number of fused-ring (bicyclic) bond motifs is 3. The van der Waals surface area contributed by atoms with Crippen LogP contribution in [-0.4, -0.2) is 16.8 Å². The van der Waals surface area contributed by atoms with Crippen LogP contribution < -0.4 is 9.44 Å². The second-order valence-electron chi connectivity index (χ2n) is 8.04. The lowest BCUT2D eigenvalue weighted by Gasteiger charge is -2.08. The molecule has 0 aliphatic carbocycles. The van der Waals surface area contributed by atoms with E-state index in [0.717, 1.165) is 11.1 Å². The van der Waals surface area contributed by atoms with Crippen LogP contribution >= 0.6 is 0 Å². The second-order valence-corrected chi connectivity index (χ2v) is 11.6. The number of hydrogen-bond donors (Lipinski definition) is 2. The summed E-state index contributed by atoms with van der Waals surface area (Å²) in [6.07, 6.45) is 0. The first-order valence-corrected chi connectivity index (χ1v) is 13.8. The van der Waals surface area contributed by atoms with Crippen LogP contribution in [0.25, 0.3) is 21.9 Å². The third-order valence-corrected chi connectivity index (χ3v) is 8.45. The molecule has 1 heterocycles. The minimum Gasteiger partial charge on any atom is -0.456 e. The van der Waals surface area contributed by atoms with Crippen molar-refractivity contribution in [3.05, 3.63) is 108 Å². The molecule has 0 aliphatic heterocycles. The normalized spacial score (nSPS) is 12.3. The quantitative estimate of drug-likeness (QED) is 0.321. The van der Waals surface area contributed by atoms with Gasteiger partial charge in [-0.1, -0.05) is 60.7 Å². The topological polar surface area (TPSA) is 105 Å². The van der Waals surface area contributed by atoms with Crippen LogP contribution in [0.1, 0.15) is 11.1 Å². The van der Waals surface area contributed by atoms with Crippen molar-refractivity contribution in [2.75, 3.05) is 0 Å². The van der Waals surface area contributed by atoms with Crippen molar-refractivity contribution in [1.29, 1.82) is 0 Å². The van der Waals surface area contributed by atoms with Crippen molar-refractivity contribution < 1.29 is 21.3 Å². The van der Waals surface area contributed by atoms with E-state index in [-0.39, 0.29) is 22.9 Å². The number of hydrogen-bond acceptors (Lipinski definition) is 5. The zero-order valence-corrected chi connectivity index (χ0v) is 20.1. The number of sulfonamides is 2. The van der Waals surface area contributed by atoms with Gasteiger partial charge in [-0.3, -0.25) is 0 Å². The number of nitrogens with one attached hydrogen (secondary N) is 2. The molecule has 4 aromatic carbocycles. The Morgan fingerprint density at radius 3 is 1.34 bits per heavy atom. The van der Waals surface area contributed by atoms with Gasteiger partial charge in [0.15, 0.2) is 0 Å². The van der Waals surface area contributed by atoms with Gasteiger partial charge in [0, 0.05) is 23.9 Å². The van der Waals surface area contributed by atoms with Crippen molar-refractivity contribution in [2.45, 2.75) is 22.9 Å². The predicted octanol–water partition coefficient (Wildman–Crippen LogP) is 4.54. The Bertz CT molecular complexity index is 1590. The van der Waals surface area contributed by atoms with Crippen molar-refractivity contribution in [1.82, 2.24) is 9.44 Å². The summed E-state index contributed by atoms with van der Waals surface area (Å²) in [5.74, 6) is 0. The maximum Gasteiger partial charge on any atom is 0.240 e. The summed E-state index contributed by atoms with van der Waals surface area (Å²) in [6.45, 7) is 0.311. The van der Waals surface area contributed by atoms with Crippen molar-refractivity contribution >= 4 is 42.0 Å². The summed E-state index contributed by atoms with van der Waals surface area (Å²) in [7, 11) is -7.59. The van der Waals surface area contributed by atoms with Gasteiger partial charge >= 0.3 is 0 Å². The third-order valence-electron chi connectivity index (χ3n) is 5.65. The van der Waals surface area contributed by atoms with Gasteiger partial charge in [-0.05, 0) is 47.5 Å². The first-order chi connectivity index (χ1) is 16.8. The van der Waals surface area contributed by atoms with E-state index in [1.54, 1.807) is 12.1 Å². The largest absolute Gasteiger partial charge is 0.456 e. The summed E-state index contributed by atoms with van der Waals surface area (Å²) < 4.78 is 62.6. The van der Waals surface area contributed by atoms with Gasteiger partial charge in [-0.15, -0.1) is 0 Å². The summed E-state index contributed by atoms with van der Waals surface area (Å²) in [5.41, 5.74) is 2.61. The van der Waals surface area contributed by atoms with Crippen LogP contribution in [0, 0.1) is 0 Å². The van der Waals surface area contributed by atoms with Crippen LogP contribution in [0.15, 0.2) is 111 Å². The monoisotopic (exact) mass is 506 g/mol. The minimum absolute atomic E-state index is 0.0686. The second kappa shape index (κ2) is 9.27. The highest BCUT2D eigenvalue weighted by molar-refractivity contribution is 7.89. The maximum atomic E-state index is 12.9. The van der Waals surface area contributed by atoms with Gasteiger partial charge in [0.2, 0.25) is 20.0 Å². The third kappa shape index (κ3) is 4.98. The van der Waals surface area contributed by atoms with E-state index in [1.165, 1.54) is 24.3 Å². The molecule has 35 heavy (non-hydrogen) atoms. The van der Waals surface area contributed by atoms with Gasteiger partial charge in [-0.2, -0.15) is 0 Å². The Morgan fingerprint density at radius 1 is 0.543 bits per heavy atom. The Morgan fingerprint density at radius 2 is 0.943 bits per heavy atom. The summed E-state index contributed by atoms with van der Waals surface area (Å²) >= 11 is 0. The van der Waals surface area contributed by atoms with Crippen LogP contribution in [0.5, 0.6) is 0 Å². The fourth-order valence-corrected chi connectivity index (χ4v) is 5.87. The molecule has 9 heteroatoms. The average Bonchev–Trinajstić information content (AvgIpc) is 3.25. The molecule has 5 rings (SSSR count). The van der Waals surface area contributed by atoms with Crippen LogP contribution in [0.2, 0.25) is 0 Å². The number of rotatable bonds is 8.